The number of ether oxygens (including phenoxy) is 3. The molecule has 1 unspecified atom stereocenters. The summed E-state index contributed by atoms with van der Waals surface area (Å²) in [5.74, 6) is 0.704. The van der Waals surface area contributed by atoms with Gasteiger partial charge in [0.15, 0.2) is 6.10 Å². The Hall–Kier alpha value is -3.43. The van der Waals surface area contributed by atoms with Crippen LogP contribution in [0.3, 0.4) is 0 Å². The lowest BCUT2D eigenvalue weighted by Gasteiger charge is -2.13. The zero-order valence-electron chi connectivity index (χ0n) is 17.6. The molecule has 0 saturated carbocycles. The van der Waals surface area contributed by atoms with Gasteiger partial charge in [0.05, 0.1) is 19.9 Å². The number of Topliss-reactive ketones (excluding diaryl/α,β-unsaturated/α-hetero) is 1. The number of aromatic nitrogens is 3. The van der Waals surface area contributed by atoms with Crippen molar-refractivity contribution in [2.75, 3.05) is 21.3 Å². The van der Waals surface area contributed by atoms with Gasteiger partial charge >= 0.3 is 0 Å². The molecule has 4 rings (SSSR count). The van der Waals surface area contributed by atoms with Crippen LogP contribution in [0.15, 0.2) is 70.0 Å². The molecule has 1 atom stereocenters. The largest absolute Gasteiger partial charge is 0.495 e. The van der Waals surface area contributed by atoms with E-state index in [-0.39, 0.29) is 11.7 Å². The Labute approximate surface area is 192 Å². The zero-order chi connectivity index (χ0) is 22.7. The number of hydrogen-bond acceptors (Lipinski definition) is 7. The molecule has 0 fully saturated rings. The van der Waals surface area contributed by atoms with Gasteiger partial charge in [-0.15, -0.1) is 0 Å². The van der Waals surface area contributed by atoms with Crippen molar-refractivity contribution in [2.24, 2.45) is 0 Å². The number of carbonyl (C=O) groups is 1. The van der Waals surface area contributed by atoms with Crippen molar-refractivity contribution in [3.8, 4) is 28.4 Å². The molecule has 0 bridgehead atoms. The SMILES string of the molecule is COc1cc(-c2coc(C(=O)C(OC)c3ccc(-n4cccn4)cc3)n2)cc(OC)c1Br. The lowest BCUT2D eigenvalue weighted by Crippen LogP contribution is -2.15. The predicted octanol–water partition coefficient (Wildman–Crippen LogP) is 4.88. The third kappa shape index (κ3) is 4.17. The van der Waals surface area contributed by atoms with Crippen molar-refractivity contribution >= 4 is 21.7 Å². The van der Waals surface area contributed by atoms with Crippen LogP contribution >= 0.6 is 15.9 Å². The number of nitrogens with zero attached hydrogens (tertiary/aromatic N) is 3. The van der Waals surface area contributed by atoms with E-state index in [0.717, 1.165) is 5.69 Å². The molecular formula is C23H20BrN3O5. The van der Waals surface area contributed by atoms with Crippen molar-refractivity contribution in [3.63, 3.8) is 0 Å². The quantitative estimate of drug-likeness (QED) is 0.320. The van der Waals surface area contributed by atoms with Crippen LogP contribution in [-0.4, -0.2) is 41.9 Å². The molecule has 9 heteroatoms. The van der Waals surface area contributed by atoms with E-state index in [2.05, 4.69) is 26.0 Å². The fourth-order valence-corrected chi connectivity index (χ4v) is 3.82. The van der Waals surface area contributed by atoms with Crippen LogP contribution in [0.25, 0.3) is 16.9 Å². The summed E-state index contributed by atoms with van der Waals surface area (Å²) in [6.45, 7) is 0. The zero-order valence-corrected chi connectivity index (χ0v) is 19.2. The number of rotatable bonds is 8. The summed E-state index contributed by atoms with van der Waals surface area (Å²) in [5.41, 5.74) is 2.71. The van der Waals surface area contributed by atoms with Crippen LogP contribution in [-0.2, 0) is 4.74 Å². The number of hydrogen-bond donors (Lipinski definition) is 0. The van der Waals surface area contributed by atoms with Gasteiger partial charge in [-0.05, 0) is 51.8 Å². The second-order valence-electron chi connectivity index (χ2n) is 6.75. The van der Waals surface area contributed by atoms with Crippen molar-refractivity contribution < 1.29 is 23.4 Å². The van der Waals surface area contributed by atoms with Gasteiger partial charge in [0.1, 0.15) is 27.9 Å². The summed E-state index contributed by atoms with van der Waals surface area (Å²) < 4.78 is 24.1. The van der Waals surface area contributed by atoms with Gasteiger partial charge in [-0.3, -0.25) is 4.79 Å². The summed E-state index contributed by atoms with van der Waals surface area (Å²) in [5, 5.41) is 4.20. The Kier molecular flexibility index (Phi) is 6.38. The number of ketones is 1. The summed E-state index contributed by atoms with van der Waals surface area (Å²) in [6.07, 6.45) is 4.10. The van der Waals surface area contributed by atoms with Gasteiger partial charge in [-0.25, -0.2) is 9.67 Å². The first-order chi connectivity index (χ1) is 15.5. The maximum absolute atomic E-state index is 13.1. The van der Waals surface area contributed by atoms with Gasteiger partial charge in [0.2, 0.25) is 0 Å². The Morgan fingerprint density at radius 1 is 1.09 bits per heavy atom. The van der Waals surface area contributed by atoms with Gasteiger partial charge < -0.3 is 18.6 Å². The third-order valence-electron chi connectivity index (χ3n) is 4.90. The molecule has 0 spiro atoms. The number of carbonyl (C=O) groups excluding carboxylic acids is 1. The highest BCUT2D eigenvalue weighted by molar-refractivity contribution is 9.10. The molecular weight excluding hydrogens is 478 g/mol. The maximum atomic E-state index is 13.1. The average Bonchev–Trinajstić information content (AvgIpc) is 3.53. The Balaban J connectivity index is 1.60. The lowest BCUT2D eigenvalue weighted by molar-refractivity contribution is 0.0569. The molecule has 0 aliphatic heterocycles. The number of methoxy groups -OCH3 is 3. The van der Waals surface area contributed by atoms with Crippen LogP contribution in [0.4, 0.5) is 0 Å². The number of benzene rings is 2. The van der Waals surface area contributed by atoms with Gasteiger partial charge in [-0.1, -0.05) is 12.1 Å². The minimum Gasteiger partial charge on any atom is -0.495 e. The highest BCUT2D eigenvalue weighted by Gasteiger charge is 2.27. The molecule has 0 N–H and O–H groups in total. The highest BCUT2D eigenvalue weighted by atomic mass is 79.9. The van der Waals surface area contributed by atoms with Crippen LogP contribution in [0, 0.1) is 0 Å². The van der Waals surface area contributed by atoms with Crippen molar-refractivity contribution in [2.45, 2.75) is 6.10 Å². The van der Waals surface area contributed by atoms with Crippen LogP contribution in [0.2, 0.25) is 0 Å². The van der Waals surface area contributed by atoms with E-state index in [9.17, 15) is 4.79 Å². The van der Waals surface area contributed by atoms with Gasteiger partial charge in [0.25, 0.3) is 11.7 Å². The third-order valence-corrected chi connectivity index (χ3v) is 5.68. The van der Waals surface area contributed by atoms with E-state index in [1.807, 2.05) is 36.5 Å². The molecule has 2 heterocycles. The van der Waals surface area contributed by atoms with Crippen molar-refractivity contribution in [1.29, 1.82) is 0 Å². The Morgan fingerprint density at radius 2 is 1.78 bits per heavy atom. The summed E-state index contributed by atoms with van der Waals surface area (Å²) in [6, 6.07) is 12.8. The summed E-state index contributed by atoms with van der Waals surface area (Å²) in [4.78, 5) is 17.5. The molecule has 4 aromatic rings. The predicted molar refractivity (Wildman–Crippen MR) is 120 cm³/mol. The smallest absolute Gasteiger partial charge is 0.266 e. The first kappa shape index (κ1) is 21.8. The first-order valence-electron chi connectivity index (χ1n) is 9.60. The van der Waals surface area contributed by atoms with E-state index < -0.39 is 6.10 Å². The summed E-state index contributed by atoms with van der Waals surface area (Å²) >= 11 is 3.44. The minimum absolute atomic E-state index is 0.0520. The molecule has 164 valence electrons. The highest BCUT2D eigenvalue weighted by Crippen LogP contribution is 2.38. The monoisotopic (exact) mass is 497 g/mol. The van der Waals surface area contributed by atoms with E-state index in [4.69, 9.17) is 18.6 Å². The minimum atomic E-state index is -0.859. The lowest BCUT2D eigenvalue weighted by atomic mass is 10.0. The number of oxazole rings is 1. The Bertz CT molecular complexity index is 1190. The van der Waals surface area contributed by atoms with Crippen LogP contribution < -0.4 is 9.47 Å². The van der Waals surface area contributed by atoms with E-state index >= 15 is 0 Å². The van der Waals surface area contributed by atoms with Gasteiger partial charge in [-0.2, -0.15) is 5.10 Å². The molecule has 8 nitrogen and oxygen atoms in total. The molecule has 2 aromatic heterocycles. The van der Waals surface area contributed by atoms with Crippen molar-refractivity contribution in [3.05, 3.63) is 77.0 Å². The second kappa shape index (κ2) is 9.37. The first-order valence-corrected chi connectivity index (χ1v) is 10.4. The van der Waals surface area contributed by atoms with Crippen LogP contribution in [0.5, 0.6) is 11.5 Å². The standard InChI is InChI=1S/C23H20BrN3O5/c1-29-18-11-15(12-19(30-2)20(18)24)17-13-32-23(26-17)21(28)22(31-3)14-5-7-16(8-6-14)27-10-4-9-25-27/h4-13,22H,1-3H3. The molecule has 0 aliphatic carbocycles. The van der Waals surface area contributed by atoms with Gasteiger partial charge in [0, 0.05) is 25.1 Å². The normalized spacial score (nSPS) is 11.9. The van der Waals surface area contributed by atoms with E-state index in [1.165, 1.54) is 13.4 Å². The van der Waals surface area contributed by atoms with Crippen molar-refractivity contribution in [1.82, 2.24) is 14.8 Å². The number of halogens is 1. The van der Waals surface area contributed by atoms with E-state index in [0.29, 0.717) is 32.8 Å². The van der Waals surface area contributed by atoms with Crippen LogP contribution in [0.1, 0.15) is 22.4 Å². The average molecular weight is 498 g/mol. The molecule has 2 aromatic carbocycles. The molecule has 0 saturated heterocycles. The molecule has 0 radical (unpaired) electrons. The molecule has 0 aliphatic rings. The summed E-state index contributed by atoms with van der Waals surface area (Å²) in [7, 11) is 4.59. The topological polar surface area (TPSA) is 88.6 Å². The maximum Gasteiger partial charge on any atom is 0.266 e. The molecule has 32 heavy (non-hydrogen) atoms. The fourth-order valence-electron chi connectivity index (χ4n) is 3.27. The molecule has 0 amide bonds. The van der Waals surface area contributed by atoms with E-state index in [1.54, 1.807) is 37.2 Å². The Morgan fingerprint density at radius 3 is 2.34 bits per heavy atom. The fraction of sp³-hybridized carbons (Fsp3) is 0.174. The second-order valence-corrected chi connectivity index (χ2v) is 7.55.